The monoisotopic (exact) mass is 382 g/mol. The zero-order valence-corrected chi connectivity index (χ0v) is 14.9. The van der Waals surface area contributed by atoms with Crippen molar-refractivity contribution in [3.63, 3.8) is 0 Å². The van der Waals surface area contributed by atoms with E-state index in [2.05, 4.69) is 10.5 Å². The molecular weight excluding hydrogens is 367 g/mol. The van der Waals surface area contributed by atoms with Gasteiger partial charge in [0.1, 0.15) is 11.5 Å². The molecule has 1 aliphatic heterocycles. The van der Waals surface area contributed by atoms with E-state index in [1.54, 1.807) is 37.3 Å². The van der Waals surface area contributed by atoms with Crippen LogP contribution in [0.15, 0.2) is 39.9 Å². The van der Waals surface area contributed by atoms with Gasteiger partial charge in [0.2, 0.25) is 5.91 Å². The van der Waals surface area contributed by atoms with Crippen molar-refractivity contribution >= 4 is 35.3 Å². The van der Waals surface area contributed by atoms with Crippen LogP contribution in [0, 0.1) is 0 Å². The molecule has 1 amide bonds. The lowest BCUT2D eigenvalue weighted by molar-refractivity contribution is -0.159. The molecule has 0 bridgehead atoms. The van der Waals surface area contributed by atoms with Gasteiger partial charge in [-0.15, -0.1) is 0 Å². The van der Waals surface area contributed by atoms with Gasteiger partial charge < -0.3 is 13.9 Å². The van der Waals surface area contributed by atoms with Crippen molar-refractivity contribution in [1.29, 1.82) is 0 Å². The first-order chi connectivity index (χ1) is 12.0. The first-order valence-corrected chi connectivity index (χ1v) is 8.36. The third-order valence-corrected chi connectivity index (χ3v) is 4.13. The minimum atomic E-state index is -0.886. The van der Waals surface area contributed by atoms with Crippen molar-refractivity contribution in [2.45, 2.75) is 19.1 Å². The molecule has 1 aromatic carbocycles. The Hall–Kier alpha value is -1.86. The van der Waals surface area contributed by atoms with E-state index in [0.29, 0.717) is 34.8 Å². The molecule has 0 spiro atoms. The summed E-state index contributed by atoms with van der Waals surface area (Å²) in [5, 5.41) is 4.91. The van der Waals surface area contributed by atoms with Crippen molar-refractivity contribution < 1.29 is 18.7 Å². The average molecular weight is 383 g/mol. The van der Waals surface area contributed by atoms with Crippen LogP contribution in [0.25, 0.3) is 11.3 Å². The molecule has 0 aliphatic carbocycles. The Kier molecular flexibility index (Phi) is 5.44. The first kappa shape index (κ1) is 17.9. The maximum Gasteiger partial charge on any atom is 0.245 e. The van der Waals surface area contributed by atoms with Gasteiger partial charge in [-0.1, -0.05) is 23.2 Å². The standard InChI is InChI=1S/C17H16Cl2N2O4/c1-17(23-6-7-24-17)9-16(22)21-20-10-12-3-5-15(25-12)13-4-2-11(18)8-14(13)19/h2-5,8,10H,6-7,9H2,1H3,(H,21,22)/b20-10-. The van der Waals surface area contributed by atoms with Crippen LogP contribution in [0.5, 0.6) is 0 Å². The second-order valence-corrected chi connectivity index (χ2v) is 6.47. The lowest BCUT2D eigenvalue weighted by Gasteiger charge is -2.20. The number of nitrogens with one attached hydrogen (secondary N) is 1. The number of nitrogens with zero attached hydrogens (tertiary/aromatic N) is 1. The van der Waals surface area contributed by atoms with Gasteiger partial charge in [0.25, 0.3) is 0 Å². The quantitative estimate of drug-likeness (QED) is 0.629. The number of benzene rings is 1. The molecule has 132 valence electrons. The second-order valence-electron chi connectivity index (χ2n) is 5.63. The van der Waals surface area contributed by atoms with Crippen molar-refractivity contribution in [2.24, 2.45) is 5.10 Å². The highest BCUT2D eigenvalue weighted by Gasteiger charge is 2.33. The van der Waals surface area contributed by atoms with E-state index >= 15 is 0 Å². The average Bonchev–Trinajstić information content (AvgIpc) is 3.17. The summed E-state index contributed by atoms with van der Waals surface area (Å²) >= 11 is 12.0. The van der Waals surface area contributed by atoms with Crippen LogP contribution in [-0.2, 0) is 14.3 Å². The number of hydrogen-bond acceptors (Lipinski definition) is 5. The number of hydrogen-bond donors (Lipinski definition) is 1. The largest absolute Gasteiger partial charge is 0.455 e. The molecule has 2 aromatic rings. The van der Waals surface area contributed by atoms with Gasteiger partial charge in [-0.3, -0.25) is 4.79 Å². The van der Waals surface area contributed by atoms with Crippen molar-refractivity contribution in [1.82, 2.24) is 5.43 Å². The molecule has 1 aromatic heterocycles. The lowest BCUT2D eigenvalue weighted by atomic mass is 10.2. The molecule has 3 rings (SSSR count). The summed E-state index contributed by atoms with van der Waals surface area (Å²) in [4.78, 5) is 11.9. The van der Waals surface area contributed by atoms with Crippen LogP contribution in [0.3, 0.4) is 0 Å². The fraction of sp³-hybridized carbons (Fsp3) is 0.294. The van der Waals surface area contributed by atoms with Crippen molar-refractivity contribution in [3.8, 4) is 11.3 Å². The van der Waals surface area contributed by atoms with E-state index in [-0.39, 0.29) is 12.3 Å². The maximum atomic E-state index is 11.9. The van der Waals surface area contributed by atoms with Crippen molar-refractivity contribution in [3.05, 3.63) is 46.1 Å². The van der Waals surface area contributed by atoms with Gasteiger partial charge in [0, 0.05) is 10.6 Å². The van der Waals surface area contributed by atoms with Crippen LogP contribution in [0.2, 0.25) is 10.0 Å². The third-order valence-electron chi connectivity index (χ3n) is 3.58. The molecular formula is C17H16Cl2N2O4. The van der Waals surface area contributed by atoms with Gasteiger partial charge in [-0.05, 0) is 37.3 Å². The van der Waals surface area contributed by atoms with Gasteiger partial charge in [0.15, 0.2) is 5.79 Å². The van der Waals surface area contributed by atoms with Gasteiger partial charge >= 0.3 is 0 Å². The number of carbonyl (C=O) groups is 1. The zero-order valence-electron chi connectivity index (χ0n) is 13.4. The Balaban J connectivity index is 1.59. The number of amides is 1. The molecule has 2 heterocycles. The van der Waals surface area contributed by atoms with Crippen molar-refractivity contribution in [2.75, 3.05) is 13.2 Å². The summed E-state index contributed by atoms with van der Waals surface area (Å²) in [6.07, 6.45) is 1.47. The molecule has 25 heavy (non-hydrogen) atoms. The van der Waals surface area contributed by atoms with Crippen LogP contribution in [-0.4, -0.2) is 31.1 Å². The number of ether oxygens (including phenoxy) is 2. The molecule has 6 nitrogen and oxygen atoms in total. The molecule has 0 saturated carbocycles. The Morgan fingerprint density at radius 3 is 2.76 bits per heavy atom. The Morgan fingerprint density at radius 2 is 2.04 bits per heavy atom. The first-order valence-electron chi connectivity index (χ1n) is 7.60. The van der Waals surface area contributed by atoms with Gasteiger partial charge in [-0.2, -0.15) is 5.10 Å². The molecule has 1 aliphatic rings. The number of carbonyl (C=O) groups excluding carboxylic acids is 1. The van der Waals surface area contributed by atoms with Gasteiger partial charge in [-0.25, -0.2) is 5.43 Å². The number of halogens is 2. The highest BCUT2D eigenvalue weighted by atomic mass is 35.5. The fourth-order valence-electron chi connectivity index (χ4n) is 2.41. The summed E-state index contributed by atoms with van der Waals surface area (Å²) in [5.74, 6) is -0.147. The van der Waals surface area contributed by atoms with Crippen LogP contribution in [0.4, 0.5) is 0 Å². The molecule has 1 fully saturated rings. The highest BCUT2D eigenvalue weighted by molar-refractivity contribution is 6.36. The SMILES string of the molecule is CC1(CC(=O)N/N=C\c2ccc(-c3ccc(Cl)cc3Cl)o2)OCCO1. The summed E-state index contributed by atoms with van der Waals surface area (Å²) in [6.45, 7) is 2.68. The zero-order chi connectivity index (χ0) is 17.9. The normalized spacial score (nSPS) is 16.4. The molecule has 8 heteroatoms. The van der Waals surface area contributed by atoms with E-state index in [9.17, 15) is 4.79 Å². The number of hydrazone groups is 1. The van der Waals surface area contributed by atoms with Crippen LogP contribution < -0.4 is 5.43 Å². The maximum absolute atomic E-state index is 11.9. The summed E-state index contributed by atoms with van der Waals surface area (Å²) in [6, 6.07) is 8.63. The predicted octanol–water partition coefficient (Wildman–Crippen LogP) is 3.86. The molecule has 0 unspecified atom stereocenters. The topological polar surface area (TPSA) is 73.1 Å². The Labute approximate surface area is 154 Å². The fourth-order valence-corrected chi connectivity index (χ4v) is 2.92. The Morgan fingerprint density at radius 1 is 1.28 bits per heavy atom. The highest BCUT2D eigenvalue weighted by Crippen LogP contribution is 2.31. The van der Waals surface area contributed by atoms with Crippen LogP contribution in [0.1, 0.15) is 19.1 Å². The summed E-state index contributed by atoms with van der Waals surface area (Å²) in [7, 11) is 0. The lowest BCUT2D eigenvalue weighted by Crippen LogP contribution is -2.33. The smallest absolute Gasteiger partial charge is 0.245 e. The molecule has 1 saturated heterocycles. The third kappa shape index (κ3) is 4.61. The molecule has 0 atom stereocenters. The minimum Gasteiger partial charge on any atom is -0.455 e. The molecule has 0 radical (unpaired) electrons. The van der Waals surface area contributed by atoms with E-state index in [1.807, 2.05) is 0 Å². The summed E-state index contributed by atoms with van der Waals surface area (Å²) in [5.41, 5.74) is 3.14. The van der Waals surface area contributed by atoms with E-state index in [4.69, 9.17) is 37.1 Å². The predicted molar refractivity (Wildman–Crippen MR) is 94.8 cm³/mol. The van der Waals surface area contributed by atoms with E-state index in [1.165, 1.54) is 6.21 Å². The second kappa shape index (κ2) is 7.58. The van der Waals surface area contributed by atoms with Gasteiger partial charge in [0.05, 0.1) is 30.9 Å². The van der Waals surface area contributed by atoms with Crippen LogP contribution >= 0.6 is 23.2 Å². The molecule has 1 N–H and O–H groups in total. The van der Waals surface area contributed by atoms with E-state index in [0.717, 1.165) is 5.56 Å². The van der Waals surface area contributed by atoms with E-state index < -0.39 is 5.79 Å². The number of rotatable bonds is 5. The summed E-state index contributed by atoms with van der Waals surface area (Å²) < 4.78 is 16.4. The Bertz CT molecular complexity index is 798. The minimum absolute atomic E-state index is 0.0636. The number of furan rings is 1.